The van der Waals surface area contributed by atoms with Crippen molar-refractivity contribution in [1.82, 2.24) is 9.97 Å². The van der Waals surface area contributed by atoms with Crippen LogP contribution >= 0.6 is 0 Å². The number of aromatic amines is 1. The fourth-order valence-electron chi connectivity index (χ4n) is 1.75. The molecule has 0 aliphatic carbocycles. The number of aryl methyl sites for hydroxylation is 1. The molecule has 1 heterocycles. The zero-order valence-electron chi connectivity index (χ0n) is 11.7. The van der Waals surface area contributed by atoms with Gasteiger partial charge in [0.1, 0.15) is 11.6 Å². The first-order valence-electron chi connectivity index (χ1n) is 6.21. The third-order valence-corrected chi connectivity index (χ3v) is 2.78. The van der Waals surface area contributed by atoms with Crippen molar-refractivity contribution in [2.75, 3.05) is 0 Å². The van der Waals surface area contributed by atoms with Crippen LogP contribution in [0.1, 0.15) is 32.2 Å². The van der Waals surface area contributed by atoms with Crippen molar-refractivity contribution >= 4 is 0 Å². The van der Waals surface area contributed by atoms with E-state index in [4.69, 9.17) is 4.74 Å². The third-order valence-electron chi connectivity index (χ3n) is 2.78. The Balaban J connectivity index is 2.22. The molecular weight excluding hydrogens is 240 g/mol. The number of benzene rings is 1. The summed E-state index contributed by atoms with van der Waals surface area (Å²) in [4.78, 5) is 18.0. The second kappa shape index (κ2) is 4.88. The van der Waals surface area contributed by atoms with Gasteiger partial charge in [0.15, 0.2) is 0 Å². The van der Waals surface area contributed by atoms with E-state index in [9.17, 15) is 4.79 Å². The van der Waals surface area contributed by atoms with Crippen LogP contribution in [0.2, 0.25) is 0 Å². The van der Waals surface area contributed by atoms with E-state index in [-0.39, 0.29) is 11.0 Å². The second-order valence-electron chi connectivity index (χ2n) is 5.55. The topological polar surface area (TPSA) is 55.0 Å². The van der Waals surface area contributed by atoms with Gasteiger partial charge in [-0.05, 0) is 30.0 Å². The molecule has 0 radical (unpaired) electrons. The largest absolute Gasteiger partial charge is 0.439 e. The molecule has 2 aromatic rings. The minimum atomic E-state index is -0.214. The average Bonchev–Trinajstić information content (AvgIpc) is 2.26. The van der Waals surface area contributed by atoms with Crippen LogP contribution in [0.3, 0.4) is 0 Å². The molecule has 1 aromatic heterocycles. The van der Waals surface area contributed by atoms with Crippen LogP contribution in [0, 0.1) is 6.92 Å². The van der Waals surface area contributed by atoms with Crippen molar-refractivity contribution in [3.8, 4) is 11.6 Å². The number of hydrogen-bond donors (Lipinski definition) is 1. The summed E-state index contributed by atoms with van der Waals surface area (Å²) < 4.78 is 5.58. The average molecular weight is 258 g/mol. The van der Waals surface area contributed by atoms with Gasteiger partial charge in [-0.2, -0.15) is 0 Å². The summed E-state index contributed by atoms with van der Waals surface area (Å²) >= 11 is 0. The first kappa shape index (κ1) is 13.3. The van der Waals surface area contributed by atoms with Crippen molar-refractivity contribution in [1.29, 1.82) is 0 Å². The molecule has 0 bridgehead atoms. The van der Waals surface area contributed by atoms with E-state index in [1.807, 2.05) is 24.3 Å². The maximum Gasteiger partial charge on any atom is 0.254 e. The number of ether oxygens (including phenoxy) is 1. The lowest BCUT2D eigenvalue weighted by Crippen LogP contribution is -2.10. The molecule has 0 aliphatic heterocycles. The van der Waals surface area contributed by atoms with Crippen molar-refractivity contribution < 1.29 is 4.74 Å². The monoisotopic (exact) mass is 258 g/mol. The zero-order chi connectivity index (χ0) is 14.0. The maximum absolute atomic E-state index is 11.3. The molecule has 1 N–H and O–H groups in total. The highest BCUT2D eigenvalue weighted by atomic mass is 16.5. The summed E-state index contributed by atoms with van der Waals surface area (Å²) in [6.45, 7) is 8.19. The highest BCUT2D eigenvalue weighted by molar-refractivity contribution is 5.33. The highest BCUT2D eigenvalue weighted by Gasteiger charge is 2.13. The van der Waals surface area contributed by atoms with Crippen LogP contribution in [0.5, 0.6) is 11.6 Å². The number of rotatable bonds is 2. The Morgan fingerprint density at radius 3 is 2.32 bits per heavy atom. The lowest BCUT2D eigenvalue weighted by atomic mass is 9.87. The van der Waals surface area contributed by atoms with Gasteiger partial charge >= 0.3 is 0 Å². The van der Waals surface area contributed by atoms with Crippen LogP contribution in [0.25, 0.3) is 0 Å². The molecule has 4 heteroatoms. The van der Waals surface area contributed by atoms with Gasteiger partial charge in [0.25, 0.3) is 5.56 Å². The van der Waals surface area contributed by atoms with Crippen molar-refractivity contribution in [2.45, 2.75) is 33.1 Å². The highest BCUT2D eigenvalue weighted by Crippen LogP contribution is 2.25. The zero-order valence-corrected chi connectivity index (χ0v) is 11.7. The normalized spacial score (nSPS) is 11.4. The Morgan fingerprint density at radius 1 is 1.16 bits per heavy atom. The minimum Gasteiger partial charge on any atom is -0.439 e. The van der Waals surface area contributed by atoms with Gasteiger partial charge in [-0.1, -0.05) is 32.9 Å². The molecule has 0 spiro atoms. The van der Waals surface area contributed by atoms with E-state index in [0.717, 1.165) is 0 Å². The molecule has 100 valence electrons. The van der Waals surface area contributed by atoms with Crippen molar-refractivity contribution in [3.63, 3.8) is 0 Å². The van der Waals surface area contributed by atoms with Gasteiger partial charge in [0.05, 0.1) is 6.07 Å². The molecule has 0 fully saturated rings. The van der Waals surface area contributed by atoms with E-state index < -0.39 is 0 Å². The minimum absolute atomic E-state index is 0.108. The Labute approximate surface area is 112 Å². The number of H-pyrrole nitrogens is 1. The molecule has 19 heavy (non-hydrogen) atoms. The quantitative estimate of drug-likeness (QED) is 0.900. The van der Waals surface area contributed by atoms with E-state index in [2.05, 4.69) is 30.7 Å². The molecule has 0 amide bonds. The summed E-state index contributed by atoms with van der Waals surface area (Å²) in [5.74, 6) is 1.52. The predicted molar refractivity (Wildman–Crippen MR) is 74.8 cm³/mol. The van der Waals surface area contributed by atoms with Crippen LogP contribution in [-0.4, -0.2) is 9.97 Å². The summed E-state index contributed by atoms with van der Waals surface area (Å²) in [7, 11) is 0. The van der Waals surface area contributed by atoms with Crippen LogP contribution in [-0.2, 0) is 5.41 Å². The second-order valence-corrected chi connectivity index (χ2v) is 5.55. The van der Waals surface area contributed by atoms with Gasteiger partial charge in [-0.25, -0.2) is 4.98 Å². The fraction of sp³-hybridized carbons (Fsp3) is 0.333. The molecule has 4 nitrogen and oxygen atoms in total. The van der Waals surface area contributed by atoms with Crippen LogP contribution < -0.4 is 10.3 Å². The van der Waals surface area contributed by atoms with E-state index >= 15 is 0 Å². The lowest BCUT2D eigenvalue weighted by Gasteiger charge is -2.19. The molecule has 0 unspecified atom stereocenters. The molecular formula is C15H18N2O2. The molecule has 0 atom stereocenters. The smallest absolute Gasteiger partial charge is 0.254 e. The first-order chi connectivity index (χ1) is 8.84. The number of nitrogens with one attached hydrogen (secondary N) is 1. The molecule has 1 aromatic carbocycles. The van der Waals surface area contributed by atoms with Crippen molar-refractivity contribution in [2.24, 2.45) is 0 Å². The van der Waals surface area contributed by atoms with Gasteiger partial charge in [-0.3, -0.25) is 4.79 Å². The number of nitrogens with zero attached hydrogens (tertiary/aromatic N) is 1. The summed E-state index contributed by atoms with van der Waals surface area (Å²) in [6.07, 6.45) is 0. The van der Waals surface area contributed by atoms with E-state index in [1.54, 1.807) is 6.92 Å². The molecule has 0 aliphatic rings. The number of aromatic nitrogens is 2. The first-order valence-corrected chi connectivity index (χ1v) is 6.21. The van der Waals surface area contributed by atoms with Gasteiger partial charge in [-0.15, -0.1) is 0 Å². The summed E-state index contributed by atoms with van der Waals surface area (Å²) in [6, 6.07) is 9.16. The Hall–Kier alpha value is -2.10. The summed E-state index contributed by atoms with van der Waals surface area (Å²) in [5.41, 5.74) is 1.13. The van der Waals surface area contributed by atoms with E-state index in [0.29, 0.717) is 17.5 Å². The molecule has 2 rings (SSSR count). The molecule has 0 saturated carbocycles. The van der Waals surface area contributed by atoms with Crippen molar-refractivity contribution in [3.05, 3.63) is 52.1 Å². The SMILES string of the molecule is Cc1nc(Oc2ccc(C(C)(C)C)cc2)cc(=O)[nH]1. The van der Waals surface area contributed by atoms with Gasteiger partial charge in [0, 0.05) is 0 Å². The predicted octanol–water partition coefficient (Wildman–Crippen LogP) is 3.17. The Bertz CT molecular complexity index is 622. The van der Waals surface area contributed by atoms with Gasteiger partial charge in [0.2, 0.25) is 5.88 Å². The Kier molecular flexibility index (Phi) is 3.42. The maximum atomic E-state index is 11.3. The summed E-state index contributed by atoms with van der Waals surface area (Å²) in [5, 5.41) is 0. The lowest BCUT2D eigenvalue weighted by molar-refractivity contribution is 0.458. The standard InChI is InChI=1S/C15H18N2O2/c1-10-16-13(18)9-14(17-10)19-12-7-5-11(6-8-12)15(2,3)4/h5-9H,1-4H3,(H,16,17,18). The van der Waals surface area contributed by atoms with Crippen LogP contribution in [0.15, 0.2) is 35.1 Å². The van der Waals surface area contributed by atoms with E-state index in [1.165, 1.54) is 11.6 Å². The molecule has 0 saturated heterocycles. The fourth-order valence-corrected chi connectivity index (χ4v) is 1.75. The van der Waals surface area contributed by atoms with Crippen LogP contribution in [0.4, 0.5) is 0 Å². The van der Waals surface area contributed by atoms with Gasteiger partial charge < -0.3 is 9.72 Å². The third kappa shape index (κ3) is 3.44. The Morgan fingerprint density at radius 2 is 1.79 bits per heavy atom. The number of hydrogen-bond acceptors (Lipinski definition) is 3.